The molecule has 4 rings (SSSR count). The van der Waals surface area contributed by atoms with E-state index in [1.807, 2.05) is 0 Å². The van der Waals surface area contributed by atoms with Crippen molar-refractivity contribution in [3.05, 3.63) is 77.6 Å². The highest BCUT2D eigenvalue weighted by molar-refractivity contribution is 5.96. The van der Waals surface area contributed by atoms with Crippen molar-refractivity contribution in [2.24, 2.45) is 5.92 Å². The van der Waals surface area contributed by atoms with Gasteiger partial charge >= 0.3 is 12.1 Å². The molecule has 1 heterocycles. The summed E-state index contributed by atoms with van der Waals surface area (Å²) in [6.07, 6.45) is 1.07. The quantitative estimate of drug-likeness (QED) is 0.211. The van der Waals surface area contributed by atoms with E-state index in [2.05, 4.69) is 16.0 Å². The fourth-order valence-corrected chi connectivity index (χ4v) is 5.01. The molecule has 8 nitrogen and oxygen atoms in total. The SMILES string of the molecule is O=C(N[C@@H](CC1CCCCC1)C(=O)NCCNc1ccccc1C(=O)O)c1ccc(-c2cccc(C(F)(F)F)c2)o1. The maximum atomic E-state index is 13.1. The molecule has 0 spiro atoms. The maximum absolute atomic E-state index is 13.1. The molecule has 1 fully saturated rings. The van der Waals surface area contributed by atoms with Crippen LogP contribution in [0, 0.1) is 5.92 Å². The third kappa shape index (κ3) is 8.12. The molecular formula is C30H32F3N3O5. The molecule has 0 radical (unpaired) electrons. The van der Waals surface area contributed by atoms with E-state index in [9.17, 15) is 32.7 Å². The maximum Gasteiger partial charge on any atom is 0.416 e. The summed E-state index contributed by atoms with van der Waals surface area (Å²) in [5, 5.41) is 17.9. The van der Waals surface area contributed by atoms with Gasteiger partial charge in [0, 0.05) is 24.3 Å². The fourth-order valence-electron chi connectivity index (χ4n) is 5.01. The number of benzene rings is 2. The second kappa shape index (κ2) is 13.4. The lowest BCUT2D eigenvalue weighted by Crippen LogP contribution is -2.48. The number of aromatic carboxylic acids is 1. The Hall–Kier alpha value is -4.28. The normalized spacial score (nSPS) is 14.7. The highest BCUT2D eigenvalue weighted by Gasteiger charge is 2.31. The Morgan fingerprint density at radius 1 is 0.951 bits per heavy atom. The zero-order valence-electron chi connectivity index (χ0n) is 22.3. The number of nitrogens with one attached hydrogen (secondary N) is 3. The number of carbonyl (C=O) groups is 3. The fraction of sp³-hybridized carbons (Fsp3) is 0.367. The summed E-state index contributed by atoms with van der Waals surface area (Å²) >= 11 is 0. The summed E-state index contributed by atoms with van der Waals surface area (Å²) in [4.78, 5) is 37.6. The zero-order chi connectivity index (χ0) is 29.4. The van der Waals surface area contributed by atoms with Crippen molar-refractivity contribution in [2.75, 3.05) is 18.4 Å². The third-order valence-electron chi connectivity index (χ3n) is 7.12. The molecule has 1 aliphatic carbocycles. The topological polar surface area (TPSA) is 121 Å². The van der Waals surface area contributed by atoms with Gasteiger partial charge in [-0.2, -0.15) is 13.2 Å². The molecule has 41 heavy (non-hydrogen) atoms. The van der Waals surface area contributed by atoms with Gasteiger partial charge in [-0.25, -0.2) is 4.79 Å². The van der Waals surface area contributed by atoms with Gasteiger partial charge in [-0.3, -0.25) is 9.59 Å². The van der Waals surface area contributed by atoms with Crippen LogP contribution in [0.1, 0.15) is 65.0 Å². The first-order chi connectivity index (χ1) is 19.6. The molecule has 3 aromatic rings. The number of hydrogen-bond donors (Lipinski definition) is 4. The minimum Gasteiger partial charge on any atom is -0.478 e. The molecule has 11 heteroatoms. The van der Waals surface area contributed by atoms with Gasteiger partial charge in [-0.1, -0.05) is 56.4 Å². The van der Waals surface area contributed by atoms with E-state index in [4.69, 9.17) is 4.42 Å². The van der Waals surface area contributed by atoms with Gasteiger partial charge in [0.15, 0.2) is 5.76 Å². The second-order valence-corrected chi connectivity index (χ2v) is 10.1. The molecule has 1 aromatic heterocycles. The number of hydrogen-bond acceptors (Lipinski definition) is 5. The number of carbonyl (C=O) groups excluding carboxylic acids is 2. The average molecular weight is 572 g/mol. The third-order valence-corrected chi connectivity index (χ3v) is 7.12. The predicted molar refractivity (Wildman–Crippen MR) is 146 cm³/mol. The minimum atomic E-state index is -4.52. The lowest BCUT2D eigenvalue weighted by molar-refractivity contribution is -0.137. The first-order valence-corrected chi connectivity index (χ1v) is 13.5. The van der Waals surface area contributed by atoms with E-state index in [-0.39, 0.29) is 47.6 Å². The molecule has 1 aliphatic rings. The Bertz CT molecular complexity index is 1370. The number of anilines is 1. The lowest BCUT2D eigenvalue weighted by atomic mass is 9.84. The van der Waals surface area contributed by atoms with Crippen molar-refractivity contribution in [3.63, 3.8) is 0 Å². The second-order valence-electron chi connectivity index (χ2n) is 10.1. The molecular weight excluding hydrogens is 539 g/mol. The summed E-state index contributed by atoms with van der Waals surface area (Å²) in [5.41, 5.74) is -0.116. The monoisotopic (exact) mass is 571 g/mol. The van der Waals surface area contributed by atoms with E-state index in [1.54, 1.807) is 18.2 Å². The van der Waals surface area contributed by atoms with Gasteiger partial charge in [0.05, 0.1) is 11.1 Å². The highest BCUT2D eigenvalue weighted by Crippen LogP contribution is 2.33. The summed E-state index contributed by atoms with van der Waals surface area (Å²) in [5.74, 6) is -1.86. The van der Waals surface area contributed by atoms with Crippen molar-refractivity contribution < 1.29 is 37.1 Å². The number of rotatable bonds is 11. The average Bonchev–Trinajstić information content (AvgIpc) is 3.46. The largest absolute Gasteiger partial charge is 0.478 e. The van der Waals surface area contributed by atoms with E-state index < -0.39 is 29.7 Å². The molecule has 0 unspecified atom stereocenters. The van der Waals surface area contributed by atoms with Crippen LogP contribution in [0.5, 0.6) is 0 Å². The van der Waals surface area contributed by atoms with Crippen LogP contribution in [-0.2, 0) is 11.0 Å². The van der Waals surface area contributed by atoms with Crippen molar-refractivity contribution in [3.8, 4) is 11.3 Å². The molecule has 1 saturated carbocycles. The van der Waals surface area contributed by atoms with Crippen LogP contribution in [0.15, 0.2) is 65.1 Å². The van der Waals surface area contributed by atoms with Crippen molar-refractivity contribution in [1.29, 1.82) is 0 Å². The van der Waals surface area contributed by atoms with Crippen molar-refractivity contribution in [2.45, 2.75) is 50.7 Å². The van der Waals surface area contributed by atoms with Crippen LogP contribution in [0.2, 0.25) is 0 Å². The van der Waals surface area contributed by atoms with E-state index >= 15 is 0 Å². The molecule has 1 atom stereocenters. The van der Waals surface area contributed by atoms with Crippen molar-refractivity contribution >= 4 is 23.5 Å². The van der Waals surface area contributed by atoms with E-state index in [0.29, 0.717) is 12.1 Å². The number of halogens is 3. The number of alkyl halides is 3. The molecule has 0 bridgehead atoms. The molecule has 2 amide bonds. The van der Waals surface area contributed by atoms with Crippen molar-refractivity contribution in [1.82, 2.24) is 10.6 Å². The van der Waals surface area contributed by atoms with Crippen LogP contribution in [-0.4, -0.2) is 42.0 Å². The van der Waals surface area contributed by atoms with Gasteiger partial charge in [-0.15, -0.1) is 0 Å². The molecule has 0 aliphatic heterocycles. The number of carboxylic acid groups (broad SMARTS) is 1. The Morgan fingerprint density at radius 3 is 2.44 bits per heavy atom. The van der Waals surface area contributed by atoms with Crippen LogP contribution in [0.25, 0.3) is 11.3 Å². The first kappa shape index (κ1) is 29.7. The van der Waals surface area contributed by atoms with Gasteiger partial charge in [0.2, 0.25) is 5.91 Å². The Kier molecular flexibility index (Phi) is 9.69. The summed E-state index contributed by atoms with van der Waals surface area (Å²) < 4.78 is 44.9. The Labute approximate surface area is 235 Å². The Morgan fingerprint density at radius 2 is 1.71 bits per heavy atom. The molecule has 218 valence electrons. The zero-order valence-corrected chi connectivity index (χ0v) is 22.3. The van der Waals surface area contributed by atoms with Gasteiger partial charge in [0.1, 0.15) is 11.8 Å². The standard InChI is InChI=1S/C30H32F3N3O5/c31-30(32,33)21-10-6-9-20(18-21)25-13-14-26(41-25)28(38)36-24(17-19-7-2-1-3-8-19)27(37)35-16-15-34-23-12-5-4-11-22(23)29(39)40/h4-6,9-14,18-19,24,34H,1-3,7-8,15-17H2,(H,35,37)(H,36,38)(H,39,40)/t24-/m0/s1. The van der Waals surface area contributed by atoms with E-state index in [1.165, 1.54) is 30.3 Å². The van der Waals surface area contributed by atoms with Gasteiger partial charge in [0.25, 0.3) is 5.91 Å². The lowest BCUT2D eigenvalue weighted by Gasteiger charge is -2.26. The van der Waals surface area contributed by atoms with Crippen LogP contribution in [0.3, 0.4) is 0 Å². The highest BCUT2D eigenvalue weighted by atomic mass is 19.4. The number of para-hydroxylation sites is 1. The molecule has 0 saturated heterocycles. The first-order valence-electron chi connectivity index (χ1n) is 13.5. The van der Waals surface area contributed by atoms with Crippen LogP contribution < -0.4 is 16.0 Å². The van der Waals surface area contributed by atoms with E-state index in [0.717, 1.165) is 44.2 Å². The smallest absolute Gasteiger partial charge is 0.416 e. The van der Waals surface area contributed by atoms with Gasteiger partial charge < -0.3 is 25.5 Å². The summed E-state index contributed by atoms with van der Waals surface area (Å²) in [6, 6.07) is 13.0. The molecule has 4 N–H and O–H groups in total. The van der Waals surface area contributed by atoms with Crippen LogP contribution in [0.4, 0.5) is 18.9 Å². The number of carboxylic acids is 1. The summed E-state index contributed by atoms with van der Waals surface area (Å²) in [6.45, 7) is 0.447. The van der Waals surface area contributed by atoms with Crippen LogP contribution >= 0.6 is 0 Å². The summed E-state index contributed by atoms with van der Waals surface area (Å²) in [7, 11) is 0. The minimum absolute atomic E-state index is 0.0993. The predicted octanol–water partition coefficient (Wildman–Crippen LogP) is 5.96. The number of amides is 2. The Balaban J connectivity index is 1.40. The van der Waals surface area contributed by atoms with Gasteiger partial charge in [-0.05, 0) is 48.7 Å². The number of furan rings is 1. The molecule has 2 aromatic carbocycles.